The van der Waals surface area contributed by atoms with Gasteiger partial charge in [0.15, 0.2) is 0 Å². The van der Waals surface area contributed by atoms with Gasteiger partial charge in [0.1, 0.15) is 5.60 Å². The summed E-state index contributed by atoms with van der Waals surface area (Å²) >= 11 is 0. The van der Waals surface area contributed by atoms with E-state index in [1.54, 1.807) is 20.8 Å². The Kier molecular flexibility index (Phi) is 2.38. The van der Waals surface area contributed by atoms with E-state index < -0.39 is 35.3 Å². The zero-order valence-corrected chi connectivity index (χ0v) is 10.1. The summed E-state index contributed by atoms with van der Waals surface area (Å²) in [6, 6.07) is -0.852. The number of ether oxygens (including phenoxy) is 1. The van der Waals surface area contributed by atoms with Crippen molar-refractivity contribution in [1.82, 2.24) is 4.90 Å². The van der Waals surface area contributed by atoms with Gasteiger partial charge in [-0.3, -0.25) is 0 Å². The maximum atomic E-state index is 13.9. The molecule has 1 aliphatic carbocycles. The molecule has 1 aliphatic heterocycles. The van der Waals surface area contributed by atoms with Gasteiger partial charge in [-0.2, -0.15) is 0 Å². The zero-order chi connectivity index (χ0) is 13.0. The summed E-state index contributed by atoms with van der Waals surface area (Å²) in [5.41, 5.74) is -2.93. The van der Waals surface area contributed by atoms with Crippen LogP contribution in [0.15, 0.2) is 0 Å². The molecule has 1 amide bonds. The Balaban J connectivity index is 2.06. The number of carboxylic acids is 1. The summed E-state index contributed by atoms with van der Waals surface area (Å²) < 4.78 is 19.0. The van der Waals surface area contributed by atoms with Gasteiger partial charge >= 0.3 is 12.1 Å². The zero-order valence-electron chi connectivity index (χ0n) is 10.1. The average Bonchev–Trinajstić information content (AvgIpc) is 2.57. The molecule has 0 aromatic carbocycles. The van der Waals surface area contributed by atoms with Crippen molar-refractivity contribution in [1.29, 1.82) is 0 Å². The number of alkyl halides is 1. The number of carbonyl (C=O) groups excluding carboxylic acids is 1. The minimum atomic E-state index is -2.27. The molecule has 3 atom stereocenters. The van der Waals surface area contributed by atoms with E-state index in [1.807, 2.05) is 0 Å². The lowest BCUT2D eigenvalue weighted by molar-refractivity contribution is -0.146. The number of aliphatic carboxylic acids is 1. The second-order valence-corrected chi connectivity index (χ2v) is 5.59. The van der Waals surface area contributed by atoms with Crippen LogP contribution < -0.4 is 0 Å². The van der Waals surface area contributed by atoms with Gasteiger partial charge in [-0.05, 0) is 27.2 Å². The van der Waals surface area contributed by atoms with Crippen LogP contribution in [0.2, 0.25) is 0 Å². The number of halogens is 1. The van der Waals surface area contributed by atoms with Crippen molar-refractivity contribution in [2.75, 3.05) is 6.54 Å². The van der Waals surface area contributed by atoms with E-state index in [1.165, 1.54) is 4.90 Å². The van der Waals surface area contributed by atoms with Gasteiger partial charge < -0.3 is 14.7 Å². The second-order valence-electron chi connectivity index (χ2n) is 5.59. The summed E-state index contributed by atoms with van der Waals surface area (Å²) in [5, 5.41) is 8.80. The van der Waals surface area contributed by atoms with Crippen molar-refractivity contribution in [3.8, 4) is 0 Å². The molecule has 2 rings (SSSR count). The molecular weight excluding hydrogens is 229 g/mol. The van der Waals surface area contributed by atoms with Crippen LogP contribution in [0.3, 0.4) is 0 Å². The molecule has 0 aromatic heterocycles. The fraction of sp³-hybridized carbons (Fsp3) is 0.818. The van der Waals surface area contributed by atoms with E-state index in [0.717, 1.165) is 0 Å². The SMILES string of the molecule is CC(C)(C)OC(=O)N1CCC2C1C2(F)C(=O)O. The van der Waals surface area contributed by atoms with Crippen LogP contribution >= 0.6 is 0 Å². The van der Waals surface area contributed by atoms with Crippen LogP contribution in [-0.4, -0.2) is 45.9 Å². The van der Waals surface area contributed by atoms with Crippen LogP contribution in [0.25, 0.3) is 0 Å². The Morgan fingerprint density at radius 3 is 2.47 bits per heavy atom. The number of nitrogens with zero attached hydrogens (tertiary/aromatic N) is 1. The summed E-state index contributed by atoms with van der Waals surface area (Å²) in [5.74, 6) is -2.06. The van der Waals surface area contributed by atoms with E-state index in [9.17, 15) is 14.0 Å². The molecule has 5 nitrogen and oxygen atoms in total. The number of carboxylic acid groups (broad SMARTS) is 1. The Morgan fingerprint density at radius 1 is 1.47 bits per heavy atom. The minimum absolute atomic E-state index is 0.364. The quantitative estimate of drug-likeness (QED) is 0.758. The van der Waals surface area contributed by atoms with Crippen LogP contribution in [-0.2, 0) is 9.53 Å². The molecule has 1 saturated heterocycles. The highest BCUT2D eigenvalue weighted by molar-refractivity contribution is 5.86. The van der Waals surface area contributed by atoms with Crippen molar-refractivity contribution in [2.45, 2.75) is 44.5 Å². The molecule has 1 heterocycles. The van der Waals surface area contributed by atoms with E-state index in [4.69, 9.17) is 9.84 Å². The van der Waals surface area contributed by atoms with Crippen molar-refractivity contribution in [3.05, 3.63) is 0 Å². The third-order valence-electron chi connectivity index (χ3n) is 3.21. The third kappa shape index (κ3) is 1.75. The van der Waals surface area contributed by atoms with Gasteiger partial charge in [-0.25, -0.2) is 14.0 Å². The standard InChI is InChI=1S/C11H16FNO4/c1-10(2,3)17-9(16)13-5-4-6-7(13)11(6,12)8(14)15/h6-7H,4-5H2,1-3H3,(H,14,15). The monoisotopic (exact) mass is 245 g/mol. The predicted octanol–water partition coefficient (Wildman–Crippen LogP) is 1.42. The van der Waals surface area contributed by atoms with Gasteiger partial charge in [-0.15, -0.1) is 0 Å². The number of hydrogen-bond acceptors (Lipinski definition) is 3. The maximum Gasteiger partial charge on any atom is 0.410 e. The van der Waals surface area contributed by atoms with Crippen LogP contribution in [0, 0.1) is 5.92 Å². The summed E-state index contributed by atoms with van der Waals surface area (Å²) in [4.78, 5) is 23.7. The molecular formula is C11H16FNO4. The molecule has 96 valence electrons. The molecule has 3 unspecified atom stereocenters. The van der Waals surface area contributed by atoms with E-state index in [2.05, 4.69) is 0 Å². The van der Waals surface area contributed by atoms with E-state index in [-0.39, 0.29) is 0 Å². The summed E-state index contributed by atoms with van der Waals surface area (Å²) in [6.45, 7) is 5.50. The van der Waals surface area contributed by atoms with Crippen molar-refractivity contribution in [2.24, 2.45) is 5.92 Å². The highest BCUT2D eigenvalue weighted by atomic mass is 19.1. The van der Waals surface area contributed by atoms with Crippen molar-refractivity contribution < 1.29 is 23.8 Å². The lowest BCUT2D eigenvalue weighted by Crippen LogP contribution is -2.42. The largest absolute Gasteiger partial charge is 0.479 e. The number of carbonyl (C=O) groups is 2. The molecule has 2 aliphatic rings. The Hall–Kier alpha value is -1.33. The molecule has 1 N–H and O–H groups in total. The van der Waals surface area contributed by atoms with Crippen LogP contribution in [0.4, 0.5) is 9.18 Å². The third-order valence-corrected chi connectivity index (χ3v) is 3.21. The number of piperidine rings is 1. The normalized spacial score (nSPS) is 35.4. The highest BCUT2D eigenvalue weighted by Crippen LogP contribution is 2.57. The minimum Gasteiger partial charge on any atom is -0.479 e. The van der Waals surface area contributed by atoms with Gasteiger partial charge in [-0.1, -0.05) is 0 Å². The van der Waals surface area contributed by atoms with Crippen molar-refractivity contribution >= 4 is 12.1 Å². The molecule has 6 heteroatoms. The second kappa shape index (κ2) is 3.34. The van der Waals surface area contributed by atoms with Crippen LogP contribution in [0.1, 0.15) is 27.2 Å². The topological polar surface area (TPSA) is 66.8 Å². The fourth-order valence-electron chi connectivity index (χ4n) is 2.45. The molecule has 0 spiro atoms. The average molecular weight is 245 g/mol. The Labute approximate surface area is 98.5 Å². The number of hydrogen-bond donors (Lipinski definition) is 1. The molecule has 0 radical (unpaired) electrons. The molecule has 2 fully saturated rings. The molecule has 1 saturated carbocycles. The molecule has 17 heavy (non-hydrogen) atoms. The Bertz CT molecular complexity index is 378. The lowest BCUT2D eigenvalue weighted by atomic mass is 10.2. The maximum absolute atomic E-state index is 13.9. The Morgan fingerprint density at radius 2 is 2.06 bits per heavy atom. The first-order valence-electron chi connectivity index (χ1n) is 5.60. The first-order chi connectivity index (χ1) is 7.68. The fourth-order valence-corrected chi connectivity index (χ4v) is 2.45. The van der Waals surface area contributed by atoms with Crippen LogP contribution in [0.5, 0.6) is 0 Å². The van der Waals surface area contributed by atoms with Crippen molar-refractivity contribution in [3.63, 3.8) is 0 Å². The first-order valence-corrected chi connectivity index (χ1v) is 5.60. The van der Waals surface area contributed by atoms with Gasteiger partial charge in [0.25, 0.3) is 0 Å². The molecule has 0 aromatic rings. The molecule has 0 bridgehead atoms. The highest BCUT2D eigenvalue weighted by Gasteiger charge is 2.77. The van der Waals surface area contributed by atoms with Gasteiger partial charge in [0.05, 0.1) is 6.04 Å². The number of likely N-dealkylation sites (tertiary alicyclic amines) is 1. The van der Waals surface area contributed by atoms with Gasteiger partial charge in [0, 0.05) is 12.5 Å². The number of fused-ring (bicyclic) bond motifs is 1. The van der Waals surface area contributed by atoms with Gasteiger partial charge in [0.2, 0.25) is 5.67 Å². The first kappa shape index (κ1) is 12.1. The van der Waals surface area contributed by atoms with E-state index in [0.29, 0.717) is 13.0 Å². The lowest BCUT2D eigenvalue weighted by Gasteiger charge is -2.26. The smallest absolute Gasteiger partial charge is 0.410 e. The number of amides is 1. The number of rotatable bonds is 1. The summed E-state index contributed by atoms with van der Waals surface area (Å²) in [6.07, 6.45) is -0.252. The van der Waals surface area contributed by atoms with E-state index >= 15 is 0 Å². The predicted molar refractivity (Wildman–Crippen MR) is 56.3 cm³/mol. The summed E-state index contributed by atoms with van der Waals surface area (Å²) in [7, 11) is 0.